The lowest BCUT2D eigenvalue weighted by Crippen LogP contribution is -2.03. The van der Waals surface area contributed by atoms with E-state index in [1.807, 2.05) is 13.0 Å². The Morgan fingerprint density at radius 1 is 1.78 bits per heavy atom. The standard InChI is InChI=1S/C6H9NO2/c1-5(9-7)6-3-2-4-8-6/h2-5H,7H2,1H3. The monoisotopic (exact) mass is 127 g/mol. The van der Waals surface area contributed by atoms with E-state index in [9.17, 15) is 0 Å². The summed E-state index contributed by atoms with van der Waals surface area (Å²) in [7, 11) is 0. The summed E-state index contributed by atoms with van der Waals surface area (Å²) in [5.41, 5.74) is 0. The summed E-state index contributed by atoms with van der Waals surface area (Å²) in [4.78, 5) is 4.50. The molecule has 0 saturated carbocycles. The van der Waals surface area contributed by atoms with Crippen molar-refractivity contribution in [2.75, 3.05) is 0 Å². The molecule has 0 aliphatic rings. The average Bonchev–Trinajstić information content (AvgIpc) is 2.37. The van der Waals surface area contributed by atoms with Crippen LogP contribution in [0.2, 0.25) is 0 Å². The van der Waals surface area contributed by atoms with Crippen LogP contribution in [0.4, 0.5) is 0 Å². The van der Waals surface area contributed by atoms with Gasteiger partial charge in [-0.3, -0.25) is 4.84 Å². The van der Waals surface area contributed by atoms with Gasteiger partial charge in [0.1, 0.15) is 11.9 Å². The van der Waals surface area contributed by atoms with Crippen molar-refractivity contribution in [3.8, 4) is 0 Å². The highest BCUT2D eigenvalue weighted by Crippen LogP contribution is 2.13. The maximum Gasteiger partial charge on any atom is 0.134 e. The second-order valence-electron chi connectivity index (χ2n) is 1.79. The van der Waals surface area contributed by atoms with Crippen LogP contribution in [-0.2, 0) is 4.84 Å². The van der Waals surface area contributed by atoms with Crippen molar-refractivity contribution in [1.82, 2.24) is 0 Å². The Hall–Kier alpha value is -0.800. The van der Waals surface area contributed by atoms with Gasteiger partial charge < -0.3 is 4.42 Å². The van der Waals surface area contributed by atoms with Crippen LogP contribution in [-0.4, -0.2) is 0 Å². The molecule has 0 radical (unpaired) electrons. The summed E-state index contributed by atoms with van der Waals surface area (Å²) in [6.07, 6.45) is 1.44. The van der Waals surface area contributed by atoms with Crippen molar-refractivity contribution < 1.29 is 9.25 Å². The van der Waals surface area contributed by atoms with Gasteiger partial charge in [-0.2, -0.15) is 0 Å². The van der Waals surface area contributed by atoms with Gasteiger partial charge >= 0.3 is 0 Å². The SMILES string of the molecule is CC(ON)c1ccco1. The summed E-state index contributed by atoms with van der Waals surface area (Å²) in [6, 6.07) is 3.61. The normalized spacial score (nSPS) is 13.6. The predicted molar refractivity (Wildman–Crippen MR) is 32.4 cm³/mol. The molecule has 1 unspecified atom stereocenters. The molecule has 0 fully saturated rings. The molecule has 0 saturated heterocycles. The van der Waals surface area contributed by atoms with Crippen LogP contribution in [0.25, 0.3) is 0 Å². The summed E-state index contributed by atoms with van der Waals surface area (Å²) < 4.78 is 4.98. The molecule has 0 aromatic carbocycles. The van der Waals surface area contributed by atoms with Crippen molar-refractivity contribution in [3.05, 3.63) is 24.2 Å². The van der Waals surface area contributed by atoms with E-state index in [1.165, 1.54) is 0 Å². The lowest BCUT2D eigenvalue weighted by atomic mass is 10.3. The third-order valence-electron chi connectivity index (χ3n) is 1.15. The number of hydrogen-bond acceptors (Lipinski definition) is 3. The van der Waals surface area contributed by atoms with Crippen molar-refractivity contribution in [2.24, 2.45) is 5.90 Å². The summed E-state index contributed by atoms with van der Waals surface area (Å²) in [5.74, 6) is 5.65. The molecule has 0 aliphatic carbocycles. The molecule has 1 atom stereocenters. The number of nitrogens with two attached hydrogens (primary N) is 1. The summed E-state index contributed by atoms with van der Waals surface area (Å²) >= 11 is 0. The molecule has 0 spiro atoms. The van der Waals surface area contributed by atoms with E-state index < -0.39 is 0 Å². The van der Waals surface area contributed by atoms with Gasteiger partial charge in [0.2, 0.25) is 0 Å². The second kappa shape index (κ2) is 2.66. The van der Waals surface area contributed by atoms with Gasteiger partial charge in [0, 0.05) is 0 Å². The summed E-state index contributed by atoms with van der Waals surface area (Å²) in [5, 5.41) is 0. The van der Waals surface area contributed by atoms with Gasteiger partial charge in [-0.1, -0.05) is 0 Å². The lowest BCUT2D eigenvalue weighted by molar-refractivity contribution is 0.0508. The zero-order valence-electron chi connectivity index (χ0n) is 5.20. The Bertz CT molecular complexity index is 160. The predicted octanol–water partition coefficient (Wildman–Crippen LogP) is 1.23. The molecule has 1 aromatic heterocycles. The number of hydrogen-bond donors (Lipinski definition) is 1. The maximum absolute atomic E-state index is 4.98. The highest BCUT2D eigenvalue weighted by atomic mass is 16.6. The van der Waals surface area contributed by atoms with E-state index in [-0.39, 0.29) is 6.10 Å². The average molecular weight is 127 g/mol. The Kier molecular flexibility index (Phi) is 1.87. The fourth-order valence-corrected chi connectivity index (χ4v) is 0.590. The first-order valence-electron chi connectivity index (χ1n) is 2.73. The van der Waals surface area contributed by atoms with E-state index in [0.29, 0.717) is 0 Å². The third-order valence-corrected chi connectivity index (χ3v) is 1.15. The van der Waals surface area contributed by atoms with E-state index in [2.05, 4.69) is 4.84 Å². The Balaban J connectivity index is 2.65. The molecule has 50 valence electrons. The zero-order chi connectivity index (χ0) is 6.69. The second-order valence-corrected chi connectivity index (χ2v) is 1.79. The molecule has 1 heterocycles. The topological polar surface area (TPSA) is 48.4 Å². The van der Waals surface area contributed by atoms with Crippen LogP contribution >= 0.6 is 0 Å². The van der Waals surface area contributed by atoms with E-state index in [1.54, 1.807) is 12.3 Å². The Morgan fingerprint density at radius 3 is 3.00 bits per heavy atom. The molecule has 1 rings (SSSR count). The van der Waals surface area contributed by atoms with Gasteiger partial charge in [-0.25, -0.2) is 5.90 Å². The van der Waals surface area contributed by atoms with Crippen molar-refractivity contribution in [1.29, 1.82) is 0 Å². The lowest BCUT2D eigenvalue weighted by Gasteiger charge is -2.02. The smallest absolute Gasteiger partial charge is 0.134 e. The molecule has 1 aromatic rings. The van der Waals surface area contributed by atoms with Crippen molar-refractivity contribution in [2.45, 2.75) is 13.0 Å². The third kappa shape index (κ3) is 1.31. The van der Waals surface area contributed by atoms with Gasteiger partial charge in [-0.05, 0) is 19.1 Å². The molecular weight excluding hydrogens is 118 g/mol. The minimum absolute atomic E-state index is 0.153. The first-order valence-corrected chi connectivity index (χ1v) is 2.73. The minimum atomic E-state index is -0.153. The molecule has 2 N–H and O–H groups in total. The summed E-state index contributed by atoms with van der Waals surface area (Å²) in [6.45, 7) is 1.82. The van der Waals surface area contributed by atoms with Gasteiger partial charge in [0.25, 0.3) is 0 Å². The van der Waals surface area contributed by atoms with E-state index >= 15 is 0 Å². The molecule has 3 nitrogen and oxygen atoms in total. The van der Waals surface area contributed by atoms with Crippen LogP contribution in [0, 0.1) is 0 Å². The van der Waals surface area contributed by atoms with Crippen LogP contribution in [0.15, 0.2) is 22.8 Å². The fourth-order valence-electron chi connectivity index (χ4n) is 0.590. The van der Waals surface area contributed by atoms with Crippen LogP contribution in [0.1, 0.15) is 18.8 Å². The molecule has 0 amide bonds. The quantitative estimate of drug-likeness (QED) is 0.608. The maximum atomic E-state index is 4.98. The van der Waals surface area contributed by atoms with Crippen LogP contribution in [0.5, 0.6) is 0 Å². The minimum Gasteiger partial charge on any atom is -0.467 e. The number of furan rings is 1. The molecule has 0 aliphatic heterocycles. The van der Waals surface area contributed by atoms with Crippen LogP contribution < -0.4 is 5.90 Å². The molecule has 3 heteroatoms. The van der Waals surface area contributed by atoms with E-state index in [0.717, 1.165) is 5.76 Å². The largest absolute Gasteiger partial charge is 0.467 e. The van der Waals surface area contributed by atoms with Gasteiger partial charge in [0.05, 0.1) is 6.26 Å². The van der Waals surface area contributed by atoms with Crippen LogP contribution in [0.3, 0.4) is 0 Å². The molecule has 0 bridgehead atoms. The van der Waals surface area contributed by atoms with Crippen molar-refractivity contribution >= 4 is 0 Å². The van der Waals surface area contributed by atoms with Gasteiger partial charge in [0.15, 0.2) is 0 Å². The molecule has 9 heavy (non-hydrogen) atoms. The highest BCUT2D eigenvalue weighted by molar-refractivity contribution is 5.00. The fraction of sp³-hybridized carbons (Fsp3) is 0.333. The first-order chi connectivity index (χ1) is 4.34. The molecular formula is C6H9NO2. The van der Waals surface area contributed by atoms with Crippen molar-refractivity contribution in [3.63, 3.8) is 0 Å². The Labute approximate surface area is 53.4 Å². The Morgan fingerprint density at radius 2 is 2.56 bits per heavy atom. The van der Waals surface area contributed by atoms with Gasteiger partial charge in [-0.15, -0.1) is 0 Å². The first kappa shape index (κ1) is 6.32. The van der Waals surface area contributed by atoms with E-state index in [4.69, 9.17) is 10.3 Å². The highest BCUT2D eigenvalue weighted by Gasteiger charge is 2.04. The number of rotatable bonds is 2. The zero-order valence-corrected chi connectivity index (χ0v) is 5.20.